The Morgan fingerprint density at radius 1 is 0.960 bits per heavy atom. The predicted molar refractivity (Wildman–Crippen MR) is 93.0 cm³/mol. The standard InChI is InChI=1S/C19H13FN4O/c20-15-3-7-17(8-4-15)24-19(25)14-9-18(12-22-11-14)23-16-5-1-13(10-21)2-6-16/h1-9,11-12,23H,(H,24,25). The summed E-state index contributed by atoms with van der Waals surface area (Å²) in [5, 5.41) is 14.6. The lowest BCUT2D eigenvalue weighted by Crippen LogP contribution is -2.12. The SMILES string of the molecule is N#Cc1ccc(Nc2cncc(C(=O)Nc3ccc(F)cc3)c2)cc1. The number of nitrogens with one attached hydrogen (secondary N) is 2. The third-order valence-corrected chi connectivity index (χ3v) is 3.41. The van der Waals surface area contributed by atoms with Crippen LogP contribution in [0.25, 0.3) is 0 Å². The molecule has 0 aliphatic carbocycles. The number of rotatable bonds is 4. The first kappa shape index (κ1) is 16.1. The number of nitrogens with zero attached hydrogens (tertiary/aromatic N) is 2. The molecule has 25 heavy (non-hydrogen) atoms. The minimum Gasteiger partial charge on any atom is -0.354 e. The van der Waals surface area contributed by atoms with Crippen LogP contribution < -0.4 is 10.6 Å². The van der Waals surface area contributed by atoms with Gasteiger partial charge in [0.1, 0.15) is 5.82 Å². The minimum absolute atomic E-state index is 0.345. The number of pyridine rings is 1. The quantitative estimate of drug-likeness (QED) is 0.754. The van der Waals surface area contributed by atoms with Crippen LogP contribution in [0.1, 0.15) is 15.9 Å². The highest BCUT2D eigenvalue weighted by atomic mass is 19.1. The van der Waals surface area contributed by atoms with Crippen LogP contribution in [0.3, 0.4) is 0 Å². The van der Waals surface area contributed by atoms with Crippen molar-refractivity contribution in [3.63, 3.8) is 0 Å². The van der Waals surface area contributed by atoms with Crippen LogP contribution in [0.5, 0.6) is 0 Å². The Morgan fingerprint density at radius 3 is 2.32 bits per heavy atom. The van der Waals surface area contributed by atoms with Gasteiger partial charge < -0.3 is 10.6 Å². The summed E-state index contributed by atoms with van der Waals surface area (Å²) in [5.74, 6) is -0.712. The molecule has 0 bridgehead atoms. The number of aromatic nitrogens is 1. The maximum atomic E-state index is 12.9. The summed E-state index contributed by atoms with van der Waals surface area (Å²) >= 11 is 0. The van der Waals surface area contributed by atoms with Crippen molar-refractivity contribution in [1.82, 2.24) is 4.98 Å². The maximum Gasteiger partial charge on any atom is 0.257 e. The van der Waals surface area contributed by atoms with Gasteiger partial charge in [-0.1, -0.05) is 0 Å². The van der Waals surface area contributed by atoms with Crippen molar-refractivity contribution in [3.8, 4) is 6.07 Å². The Balaban J connectivity index is 1.72. The predicted octanol–water partition coefficient (Wildman–Crippen LogP) is 4.09. The second kappa shape index (κ2) is 7.23. The van der Waals surface area contributed by atoms with Crippen molar-refractivity contribution in [1.29, 1.82) is 5.26 Å². The lowest BCUT2D eigenvalue weighted by atomic mass is 10.2. The molecule has 1 heterocycles. The molecule has 0 unspecified atom stereocenters. The maximum absolute atomic E-state index is 12.9. The Bertz CT molecular complexity index is 931. The first-order valence-corrected chi connectivity index (χ1v) is 7.43. The minimum atomic E-state index is -0.367. The van der Waals surface area contributed by atoms with Gasteiger partial charge in [0.05, 0.1) is 29.1 Å². The molecule has 0 atom stereocenters. The van der Waals surface area contributed by atoms with Gasteiger partial charge in [0.25, 0.3) is 5.91 Å². The van der Waals surface area contributed by atoms with Crippen LogP contribution in [0.4, 0.5) is 21.5 Å². The Hall–Kier alpha value is -3.72. The topological polar surface area (TPSA) is 77.8 Å². The fraction of sp³-hybridized carbons (Fsp3) is 0. The molecule has 0 saturated heterocycles. The third-order valence-electron chi connectivity index (χ3n) is 3.41. The number of halogens is 1. The zero-order valence-corrected chi connectivity index (χ0v) is 13.0. The van der Waals surface area contributed by atoms with Crippen LogP contribution in [-0.2, 0) is 0 Å². The number of nitriles is 1. The summed E-state index contributed by atoms with van der Waals surface area (Å²) in [6.07, 6.45) is 3.04. The molecule has 1 aromatic heterocycles. The number of amides is 1. The number of benzene rings is 2. The summed E-state index contributed by atoms with van der Waals surface area (Å²) in [4.78, 5) is 16.3. The van der Waals surface area contributed by atoms with Crippen molar-refractivity contribution in [3.05, 3.63) is 83.9 Å². The highest BCUT2D eigenvalue weighted by Crippen LogP contribution is 2.18. The van der Waals surface area contributed by atoms with Crippen molar-refractivity contribution >= 4 is 23.0 Å². The van der Waals surface area contributed by atoms with Crippen molar-refractivity contribution < 1.29 is 9.18 Å². The largest absolute Gasteiger partial charge is 0.354 e. The molecule has 0 saturated carbocycles. The highest BCUT2D eigenvalue weighted by Gasteiger charge is 2.08. The number of anilines is 3. The monoisotopic (exact) mass is 332 g/mol. The molecule has 2 aromatic carbocycles. The van der Waals surface area contributed by atoms with E-state index in [0.29, 0.717) is 22.5 Å². The lowest BCUT2D eigenvalue weighted by molar-refractivity contribution is 0.102. The molecule has 122 valence electrons. The number of hydrogen-bond acceptors (Lipinski definition) is 4. The molecule has 5 nitrogen and oxygen atoms in total. The van der Waals surface area contributed by atoms with E-state index in [9.17, 15) is 9.18 Å². The number of hydrogen-bond donors (Lipinski definition) is 2. The van der Waals surface area contributed by atoms with Gasteiger partial charge in [0.2, 0.25) is 0 Å². The Morgan fingerprint density at radius 2 is 1.64 bits per heavy atom. The molecule has 3 aromatic rings. The van der Waals surface area contributed by atoms with Crippen molar-refractivity contribution in [2.24, 2.45) is 0 Å². The summed E-state index contributed by atoms with van der Waals surface area (Å²) in [6.45, 7) is 0. The fourth-order valence-electron chi connectivity index (χ4n) is 2.16. The molecule has 2 N–H and O–H groups in total. The molecule has 0 aliphatic rings. The molecule has 0 radical (unpaired) electrons. The van der Waals surface area contributed by atoms with E-state index in [4.69, 9.17) is 5.26 Å². The molecule has 0 fully saturated rings. The number of carbonyl (C=O) groups is 1. The summed E-state index contributed by atoms with van der Waals surface area (Å²) in [5.41, 5.74) is 2.84. The number of carbonyl (C=O) groups excluding carboxylic acids is 1. The average Bonchev–Trinajstić information content (AvgIpc) is 2.64. The smallest absolute Gasteiger partial charge is 0.257 e. The van der Waals surface area contributed by atoms with E-state index in [0.717, 1.165) is 5.69 Å². The van der Waals surface area contributed by atoms with E-state index < -0.39 is 0 Å². The van der Waals surface area contributed by atoms with E-state index in [1.807, 2.05) is 0 Å². The van der Waals surface area contributed by atoms with Gasteiger partial charge in [0, 0.05) is 17.6 Å². The van der Waals surface area contributed by atoms with Crippen molar-refractivity contribution in [2.75, 3.05) is 10.6 Å². The second-order valence-electron chi connectivity index (χ2n) is 5.24. The molecular weight excluding hydrogens is 319 g/mol. The van der Waals surface area contributed by atoms with Gasteiger partial charge in [-0.3, -0.25) is 9.78 Å². The van der Waals surface area contributed by atoms with Crippen LogP contribution in [-0.4, -0.2) is 10.9 Å². The van der Waals surface area contributed by atoms with Gasteiger partial charge in [-0.2, -0.15) is 5.26 Å². The normalized spacial score (nSPS) is 9.92. The zero-order chi connectivity index (χ0) is 17.6. The van der Waals surface area contributed by atoms with Crippen LogP contribution >= 0.6 is 0 Å². The molecule has 3 rings (SSSR count). The molecule has 1 amide bonds. The molecule has 0 aliphatic heterocycles. The van der Waals surface area contributed by atoms with E-state index in [2.05, 4.69) is 21.7 Å². The fourth-order valence-corrected chi connectivity index (χ4v) is 2.16. The summed E-state index contributed by atoms with van der Waals surface area (Å²) in [6, 6.07) is 16.2. The van der Waals surface area contributed by atoms with Crippen molar-refractivity contribution in [2.45, 2.75) is 0 Å². The average molecular weight is 332 g/mol. The van der Waals surface area contributed by atoms with Gasteiger partial charge in [0.15, 0.2) is 0 Å². The summed E-state index contributed by atoms with van der Waals surface area (Å²) in [7, 11) is 0. The second-order valence-corrected chi connectivity index (χ2v) is 5.24. The van der Waals surface area contributed by atoms with E-state index in [1.165, 1.54) is 30.5 Å². The molecule has 0 spiro atoms. The van der Waals surface area contributed by atoms with Crippen LogP contribution in [0.15, 0.2) is 67.0 Å². The van der Waals surface area contributed by atoms with Crippen LogP contribution in [0.2, 0.25) is 0 Å². The lowest BCUT2D eigenvalue weighted by Gasteiger charge is -2.09. The van der Waals surface area contributed by atoms with Gasteiger partial charge in [-0.15, -0.1) is 0 Å². The highest BCUT2D eigenvalue weighted by molar-refractivity contribution is 6.04. The third kappa shape index (κ3) is 4.18. The van der Waals surface area contributed by atoms with Gasteiger partial charge in [-0.25, -0.2) is 4.39 Å². The van der Waals surface area contributed by atoms with E-state index >= 15 is 0 Å². The van der Waals surface area contributed by atoms with E-state index in [1.54, 1.807) is 36.5 Å². The molecular formula is C19H13FN4O. The van der Waals surface area contributed by atoms with Gasteiger partial charge in [-0.05, 0) is 54.6 Å². The zero-order valence-electron chi connectivity index (χ0n) is 13.0. The molecule has 6 heteroatoms. The Labute approximate surface area is 143 Å². The first-order chi connectivity index (χ1) is 12.1. The summed E-state index contributed by atoms with van der Waals surface area (Å²) < 4.78 is 12.9. The van der Waals surface area contributed by atoms with Gasteiger partial charge >= 0.3 is 0 Å². The first-order valence-electron chi connectivity index (χ1n) is 7.43. The Kier molecular flexibility index (Phi) is 4.67. The van der Waals surface area contributed by atoms with E-state index in [-0.39, 0.29) is 11.7 Å². The van der Waals surface area contributed by atoms with Crippen LogP contribution in [0, 0.1) is 17.1 Å².